The van der Waals surface area contributed by atoms with Crippen molar-refractivity contribution >= 4 is 0 Å². The molecule has 0 aromatic rings. The largest absolute Gasteiger partial charge is 0.389 e. The molecule has 0 spiro atoms. The molecule has 0 aliphatic carbocycles. The average Bonchev–Trinajstić information content (AvgIpc) is 2.45. The lowest BCUT2D eigenvalue weighted by atomic mass is 9.74. The van der Waals surface area contributed by atoms with E-state index in [0.717, 1.165) is 25.7 Å². The van der Waals surface area contributed by atoms with Crippen molar-refractivity contribution in [3.8, 4) is 0 Å². The molecular weight excluding hydrogens is 186 g/mol. The van der Waals surface area contributed by atoms with E-state index < -0.39 is 0 Å². The Morgan fingerprint density at radius 2 is 1.67 bits per heavy atom. The summed E-state index contributed by atoms with van der Waals surface area (Å²) in [5.74, 6) is 0.509. The van der Waals surface area contributed by atoms with Crippen molar-refractivity contribution in [1.82, 2.24) is 4.90 Å². The van der Waals surface area contributed by atoms with E-state index in [1.807, 2.05) is 0 Å². The zero-order chi connectivity index (χ0) is 11.1. The first-order valence-corrected chi connectivity index (χ1v) is 6.55. The Morgan fingerprint density at radius 3 is 2.07 bits per heavy atom. The van der Waals surface area contributed by atoms with Crippen molar-refractivity contribution in [2.24, 2.45) is 5.92 Å². The Hall–Kier alpha value is -0.0800. The first kappa shape index (κ1) is 11.4. The summed E-state index contributed by atoms with van der Waals surface area (Å²) >= 11 is 0. The number of hydrogen-bond acceptors (Lipinski definition) is 2. The molecule has 2 aliphatic rings. The van der Waals surface area contributed by atoms with Crippen LogP contribution in [0, 0.1) is 5.92 Å². The summed E-state index contributed by atoms with van der Waals surface area (Å²) in [4.78, 5) is 2.50. The lowest BCUT2D eigenvalue weighted by Crippen LogP contribution is -2.52. The van der Waals surface area contributed by atoms with Gasteiger partial charge >= 0.3 is 0 Å². The van der Waals surface area contributed by atoms with Gasteiger partial charge in [0.15, 0.2) is 0 Å². The van der Waals surface area contributed by atoms with Crippen molar-refractivity contribution in [2.75, 3.05) is 7.05 Å². The van der Waals surface area contributed by atoms with E-state index >= 15 is 0 Å². The first-order valence-electron chi connectivity index (χ1n) is 6.55. The van der Waals surface area contributed by atoms with Crippen LogP contribution in [0.4, 0.5) is 0 Å². The van der Waals surface area contributed by atoms with Gasteiger partial charge in [0.1, 0.15) is 0 Å². The third-order valence-electron chi connectivity index (χ3n) is 4.91. The van der Waals surface area contributed by atoms with E-state index in [1.54, 1.807) is 0 Å². The minimum absolute atomic E-state index is 0.359. The molecule has 1 N–H and O–H groups in total. The van der Waals surface area contributed by atoms with Gasteiger partial charge in [-0.1, -0.05) is 26.7 Å². The Morgan fingerprint density at radius 1 is 1.20 bits per heavy atom. The molecule has 2 unspecified atom stereocenters. The summed E-state index contributed by atoms with van der Waals surface area (Å²) in [5, 5.41) is 10.8. The maximum atomic E-state index is 10.8. The third-order valence-corrected chi connectivity index (χ3v) is 4.91. The van der Waals surface area contributed by atoms with Crippen molar-refractivity contribution in [3.05, 3.63) is 0 Å². The van der Waals surface area contributed by atoms with E-state index in [4.69, 9.17) is 0 Å². The number of hydrogen-bond donors (Lipinski definition) is 1. The SMILES string of the molecule is CCC(CC)C1(O)CC2CCC(C1)N2C. The first-order chi connectivity index (χ1) is 7.10. The van der Waals surface area contributed by atoms with E-state index in [9.17, 15) is 5.11 Å². The van der Waals surface area contributed by atoms with Gasteiger partial charge in [0, 0.05) is 12.1 Å². The lowest BCUT2D eigenvalue weighted by molar-refractivity contribution is -0.0880. The summed E-state index contributed by atoms with van der Waals surface area (Å²) in [6.45, 7) is 4.43. The highest BCUT2D eigenvalue weighted by atomic mass is 16.3. The summed E-state index contributed by atoms with van der Waals surface area (Å²) in [6, 6.07) is 1.30. The number of aliphatic hydroxyl groups is 1. The van der Waals surface area contributed by atoms with Crippen molar-refractivity contribution in [3.63, 3.8) is 0 Å². The second kappa shape index (κ2) is 4.06. The predicted molar refractivity (Wildman–Crippen MR) is 62.8 cm³/mol. The summed E-state index contributed by atoms with van der Waals surface area (Å²) < 4.78 is 0. The Bertz CT molecular complexity index is 211. The molecular formula is C13H25NO. The smallest absolute Gasteiger partial charge is 0.0705 e. The Kier molecular flexibility index (Phi) is 3.09. The van der Waals surface area contributed by atoms with Gasteiger partial charge in [-0.3, -0.25) is 0 Å². The van der Waals surface area contributed by atoms with Crippen LogP contribution < -0.4 is 0 Å². The number of rotatable bonds is 3. The molecule has 2 aliphatic heterocycles. The quantitative estimate of drug-likeness (QED) is 0.775. The van der Waals surface area contributed by atoms with Gasteiger partial charge in [0.2, 0.25) is 0 Å². The molecule has 0 aromatic heterocycles. The standard InChI is InChI=1S/C13H25NO/c1-4-10(5-2)13(15)8-11-6-7-12(9-13)14(11)3/h10-12,15H,4-9H2,1-3H3. The van der Waals surface area contributed by atoms with Gasteiger partial charge < -0.3 is 10.0 Å². The van der Waals surface area contributed by atoms with E-state index in [2.05, 4.69) is 25.8 Å². The van der Waals surface area contributed by atoms with Gasteiger partial charge in [-0.15, -0.1) is 0 Å². The van der Waals surface area contributed by atoms with E-state index in [-0.39, 0.29) is 5.60 Å². The normalized spacial score (nSPS) is 41.4. The highest BCUT2D eigenvalue weighted by Crippen LogP contribution is 2.44. The lowest BCUT2D eigenvalue weighted by Gasteiger charge is -2.46. The maximum absolute atomic E-state index is 10.8. The van der Waals surface area contributed by atoms with E-state index in [1.165, 1.54) is 12.8 Å². The van der Waals surface area contributed by atoms with Crippen LogP contribution in [0.15, 0.2) is 0 Å². The van der Waals surface area contributed by atoms with Crippen molar-refractivity contribution < 1.29 is 5.11 Å². The van der Waals surface area contributed by atoms with E-state index in [0.29, 0.717) is 18.0 Å². The molecule has 0 saturated carbocycles. The van der Waals surface area contributed by atoms with Gasteiger partial charge in [0.25, 0.3) is 0 Å². The fourth-order valence-electron chi connectivity index (χ4n) is 3.86. The number of piperidine rings is 1. The Balaban J connectivity index is 2.11. The fourth-order valence-corrected chi connectivity index (χ4v) is 3.86. The number of fused-ring (bicyclic) bond motifs is 2. The molecule has 2 heterocycles. The molecule has 2 nitrogen and oxygen atoms in total. The topological polar surface area (TPSA) is 23.5 Å². The zero-order valence-electron chi connectivity index (χ0n) is 10.4. The van der Waals surface area contributed by atoms with Crippen LogP contribution >= 0.6 is 0 Å². The molecule has 0 radical (unpaired) electrons. The second-order valence-electron chi connectivity index (χ2n) is 5.58. The van der Waals surface area contributed by atoms with Crippen molar-refractivity contribution in [2.45, 2.75) is 70.1 Å². The molecule has 88 valence electrons. The minimum Gasteiger partial charge on any atom is -0.389 e. The molecule has 2 bridgehead atoms. The summed E-state index contributed by atoms with van der Waals surface area (Å²) in [5.41, 5.74) is -0.359. The van der Waals surface area contributed by atoms with Crippen LogP contribution in [0.2, 0.25) is 0 Å². The third kappa shape index (κ3) is 1.83. The summed E-state index contributed by atoms with van der Waals surface area (Å²) in [7, 11) is 2.23. The molecule has 2 rings (SSSR count). The Labute approximate surface area is 93.7 Å². The monoisotopic (exact) mass is 211 g/mol. The average molecular weight is 211 g/mol. The van der Waals surface area contributed by atoms with Crippen LogP contribution in [0.25, 0.3) is 0 Å². The van der Waals surface area contributed by atoms with Crippen molar-refractivity contribution in [1.29, 1.82) is 0 Å². The molecule has 15 heavy (non-hydrogen) atoms. The highest BCUT2D eigenvalue weighted by molar-refractivity contribution is 5.02. The summed E-state index contributed by atoms with van der Waals surface area (Å²) in [6.07, 6.45) is 6.85. The molecule has 0 amide bonds. The predicted octanol–water partition coefficient (Wildman–Crippen LogP) is 2.41. The van der Waals surface area contributed by atoms with Gasteiger partial charge in [-0.25, -0.2) is 0 Å². The zero-order valence-corrected chi connectivity index (χ0v) is 10.4. The number of nitrogens with zero attached hydrogens (tertiary/aromatic N) is 1. The molecule has 2 atom stereocenters. The van der Waals surface area contributed by atoms with Crippen LogP contribution in [-0.2, 0) is 0 Å². The maximum Gasteiger partial charge on any atom is 0.0705 e. The molecule has 0 aromatic carbocycles. The fraction of sp³-hybridized carbons (Fsp3) is 1.00. The molecule has 2 saturated heterocycles. The molecule has 2 heteroatoms. The van der Waals surface area contributed by atoms with Crippen LogP contribution in [0.1, 0.15) is 52.4 Å². The van der Waals surface area contributed by atoms with Crippen LogP contribution in [0.3, 0.4) is 0 Å². The highest BCUT2D eigenvalue weighted by Gasteiger charge is 2.48. The second-order valence-corrected chi connectivity index (χ2v) is 5.58. The van der Waals surface area contributed by atoms with Gasteiger partial charge in [0.05, 0.1) is 5.60 Å². The van der Waals surface area contributed by atoms with Gasteiger partial charge in [-0.2, -0.15) is 0 Å². The molecule has 2 fully saturated rings. The van der Waals surface area contributed by atoms with Crippen LogP contribution in [-0.4, -0.2) is 34.7 Å². The van der Waals surface area contributed by atoms with Crippen LogP contribution in [0.5, 0.6) is 0 Å². The minimum atomic E-state index is -0.359. The van der Waals surface area contributed by atoms with Gasteiger partial charge in [-0.05, 0) is 38.6 Å².